The molecule has 94 valence electrons. The SMILES string of the molecule is CC(C)(C)OC(=O)NCCN[C@H]1CCOC1. The monoisotopic (exact) mass is 230 g/mol. The summed E-state index contributed by atoms with van der Waals surface area (Å²) in [7, 11) is 0. The molecule has 5 nitrogen and oxygen atoms in total. The van der Waals surface area contributed by atoms with Gasteiger partial charge in [-0.25, -0.2) is 4.79 Å². The summed E-state index contributed by atoms with van der Waals surface area (Å²) < 4.78 is 10.3. The van der Waals surface area contributed by atoms with Gasteiger partial charge in [-0.15, -0.1) is 0 Å². The topological polar surface area (TPSA) is 59.6 Å². The zero-order chi connectivity index (χ0) is 12.0. The van der Waals surface area contributed by atoms with E-state index >= 15 is 0 Å². The summed E-state index contributed by atoms with van der Waals surface area (Å²) in [5.74, 6) is 0. The van der Waals surface area contributed by atoms with Gasteiger partial charge in [0.1, 0.15) is 5.60 Å². The fraction of sp³-hybridized carbons (Fsp3) is 0.909. The molecule has 1 aliphatic heterocycles. The van der Waals surface area contributed by atoms with Crippen LogP contribution in [0, 0.1) is 0 Å². The van der Waals surface area contributed by atoms with E-state index in [1.807, 2.05) is 20.8 Å². The summed E-state index contributed by atoms with van der Waals surface area (Å²) in [5, 5.41) is 6.00. The average Bonchev–Trinajstić information content (AvgIpc) is 2.62. The van der Waals surface area contributed by atoms with Crippen LogP contribution in [0.4, 0.5) is 4.79 Å². The maximum atomic E-state index is 11.3. The van der Waals surface area contributed by atoms with Crippen molar-refractivity contribution in [3.05, 3.63) is 0 Å². The van der Waals surface area contributed by atoms with Crippen molar-refractivity contribution in [2.24, 2.45) is 0 Å². The normalized spacial score (nSPS) is 20.8. The summed E-state index contributed by atoms with van der Waals surface area (Å²) in [5.41, 5.74) is -0.434. The molecule has 5 heteroatoms. The summed E-state index contributed by atoms with van der Waals surface area (Å²) in [6.07, 6.45) is 0.684. The number of ether oxygens (including phenoxy) is 2. The highest BCUT2D eigenvalue weighted by molar-refractivity contribution is 5.67. The standard InChI is InChI=1S/C11H22N2O3/c1-11(2,3)16-10(14)13-6-5-12-9-4-7-15-8-9/h9,12H,4-8H2,1-3H3,(H,13,14)/t9-/m0/s1. The zero-order valence-electron chi connectivity index (χ0n) is 10.3. The Balaban J connectivity index is 2.00. The van der Waals surface area contributed by atoms with E-state index in [9.17, 15) is 4.79 Å². The van der Waals surface area contributed by atoms with Gasteiger partial charge in [0.25, 0.3) is 0 Å². The second kappa shape index (κ2) is 6.06. The van der Waals surface area contributed by atoms with E-state index in [0.717, 1.165) is 26.2 Å². The number of nitrogens with one attached hydrogen (secondary N) is 2. The Labute approximate surface area is 96.9 Å². The van der Waals surface area contributed by atoms with Crippen LogP contribution in [-0.2, 0) is 9.47 Å². The van der Waals surface area contributed by atoms with Crippen LogP contribution in [0.1, 0.15) is 27.2 Å². The predicted octanol–water partition coefficient (Wildman–Crippen LogP) is 0.890. The van der Waals surface area contributed by atoms with Gasteiger partial charge in [0.2, 0.25) is 0 Å². The molecule has 0 saturated carbocycles. The van der Waals surface area contributed by atoms with Crippen LogP contribution in [0.2, 0.25) is 0 Å². The number of carbonyl (C=O) groups excluding carboxylic acids is 1. The second-order valence-corrected chi connectivity index (χ2v) is 4.94. The Morgan fingerprint density at radius 3 is 2.75 bits per heavy atom. The Bertz CT molecular complexity index is 220. The molecule has 1 amide bonds. The highest BCUT2D eigenvalue weighted by atomic mass is 16.6. The van der Waals surface area contributed by atoms with Crippen molar-refractivity contribution in [2.45, 2.75) is 38.8 Å². The lowest BCUT2D eigenvalue weighted by atomic mass is 10.2. The van der Waals surface area contributed by atoms with Gasteiger partial charge in [-0.05, 0) is 27.2 Å². The van der Waals surface area contributed by atoms with E-state index < -0.39 is 5.60 Å². The molecule has 1 atom stereocenters. The van der Waals surface area contributed by atoms with Gasteiger partial charge in [0.15, 0.2) is 0 Å². The molecule has 1 heterocycles. The van der Waals surface area contributed by atoms with E-state index in [0.29, 0.717) is 12.6 Å². The van der Waals surface area contributed by atoms with Crippen molar-refractivity contribution in [1.29, 1.82) is 0 Å². The van der Waals surface area contributed by atoms with Crippen LogP contribution in [0.25, 0.3) is 0 Å². The zero-order valence-corrected chi connectivity index (χ0v) is 10.3. The summed E-state index contributed by atoms with van der Waals surface area (Å²) >= 11 is 0. The molecule has 0 aliphatic carbocycles. The van der Waals surface area contributed by atoms with Gasteiger partial charge in [-0.2, -0.15) is 0 Å². The van der Waals surface area contributed by atoms with Crippen molar-refractivity contribution in [3.8, 4) is 0 Å². The molecule has 0 radical (unpaired) electrons. The van der Waals surface area contributed by atoms with Crippen LogP contribution in [0.3, 0.4) is 0 Å². The van der Waals surface area contributed by atoms with Crippen LogP contribution >= 0.6 is 0 Å². The molecule has 0 aromatic carbocycles. The van der Waals surface area contributed by atoms with E-state index in [1.54, 1.807) is 0 Å². The molecule has 0 bridgehead atoms. The van der Waals surface area contributed by atoms with Crippen molar-refractivity contribution in [1.82, 2.24) is 10.6 Å². The van der Waals surface area contributed by atoms with Gasteiger partial charge in [-0.3, -0.25) is 0 Å². The highest BCUT2D eigenvalue weighted by Crippen LogP contribution is 2.06. The number of hydrogen-bond acceptors (Lipinski definition) is 4. The van der Waals surface area contributed by atoms with Crippen LogP contribution < -0.4 is 10.6 Å². The molecule has 16 heavy (non-hydrogen) atoms. The molecule has 1 saturated heterocycles. The van der Waals surface area contributed by atoms with E-state index in [2.05, 4.69) is 10.6 Å². The number of hydrogen-bond donors (Lipinski definition) is 2. The fourth-order valence-corrected chi connectivity index (χ4v) is 1.45. The summed E-state index contributed by atoms with van der Waals surface area (Å²) in [4.78, 5) is 11.3. The van der Waals surface area contributed by atoms with Crippen molar-refractivity contribution >= 4 is 6.09 Å². The third kappa shape index (κ3) is 5.92. The Morgan fingerprint density at radius 2 is 2.19 bits per heavy atom. The van der Waals surface area contributed by atoms with Gasteiger partial charge >= 0.3 is 6.09 Å². The minimum absolute atomic E-state index is 0.364. The largest absolute Gasteiger partial charge is 0.444 e. The van der Waals surface area contributed by atoms with Crippen molar-refractivity contribution < 1.29 is 14.3 Å². The number of amides is 1. The lowest BCUT2D eigenvalue weighted by Crippen LogP contribution is -2.39. The molecule has 1 fully saturated rings. The second-order valence-electron chi connectivity index (χ2n) is 4.94. The molecule has 0 aromatic rings. The Morgan fingerprint density at radius 1 is 1.44 bits per heavy atom. The van der Waals surface area contributed by atoms with Gasteiger partial charge in [0, 0.05) is 25.7 Å². The van der Waals surface area contributed by atoms with E-state index in [4.69, 9.17) is 9.47 Å². The highest BCUT2D eigenvalue weighted by Gasteiger charge is 2.16. The lowest BCUT2D eigenvalue weighted by molar-refractivity contribution is 0.0528. The summed E-state index contributed by atoms with van der Waals surface area (Å²) in [6.45, 7) is 8.46. The third-order valence-electron chi connectivity index (χ3n) is 2.16. The first-order valence-corrected chi connectivity index (χ1v) is 5.75. The van der Waals surface area contributed by atoms with Crippen molar-refractivity contribution in [2.75, 3.05) is 26.3 Å². The first kappa shape index (κ1) is 13.3. The molecule has 1 aliphatic rings. The molecule has 0 spiro atoms. The predicted molar refractivity (Wildman–Crippen MR) is 61.5 cm³/mol. The lowest BCUT2D eigenvalue weighted by Gasteiger charge is -2.20. The first-order chi connectivity index (χ1) is 7.47. The molecule has 0 aromatic heterocycles. The molecule has 2 N–H and O–H groups in total. The third-order valence-corrected chi connectivity index (χ3v) is 2.16. The maximum absolute atomic E-state index is 11.3. The quantitative estimate of drug-likeness (QED) is 0.704. The van der Waals surface area contributed by atoms with Crippen LogP contribution in [-0.4, -0.2) is 44.0 Å². The number of carbonyl (C=O) groups is 1. The van der Waals surface area contributed by atoms with Gasteiger partial charge in [0.05, 0.1) is 6.61 Å². The van der Waals surface area contributed by atoms with E-state index in [-0.39, 0.29) is 6.09 Å². The average molecular weight is 230 g/mol. The Kier molecular flexibility index (Phi) is 5.02. The molecular weight excluding hydrogens is 208 g/mol. The minimum Gasteiger partial charge on any atom is -0.444 e. The van der Waals surface area contributed by atoms with Crippen LogP contribution in [0.5, 0.6) is 0 Å². The van der Waals surface area contributed by atoms with Gasteiger partial charge < -0.3 is 20.1 Å². The smallest absolute Gasteiger partial charge is 0.407 e. The molecular formula is C11H22N2O3. The number of alkyl carbamates (subject to hydrolysis) is 1. The first-order valence-electron chi connectivity index (χ1n) is 5.75. The van der Waals surface area contributed by atoms with E-state index in [1.165, 1.54) is 0 Å². The van der Waals surface area contributed by atoms with Crippen molar-refractivity contribution in [3.63, 3.8) is 0 Å². The summed E-state index contributed by atoms with van der Waals surface area (Å²) in [6, 6.07) is 0.431. The van der Waals surface area contributed by atoms with Gasteiger partial charge in [-0.1, -0.05) is 0 Å². The van der Waals surface area contributed by atoms with Crippen LogP contribution in [0.15, 0.2) is 0 Å². The molecule has 1 rings (SSSR count). The minimum atomic E-state index is -0.434. The molecule has 0 unspecified atom stereocenters. The fourth-order valence-electron chi connectivity index (χ4n) is 1.45. The maximum Gasteiger partial charge on any atom is 0.407 e. The number of rotatable bonds is 4. The Hall–Kier alpha value is -0.810.